The third-order valence-electron chi connectivity index (χ3n) is 4.59. The second-order valence-electron chi connectivity index (χ2n) is 5.77. The molecule has 1 aromatic carbocycles. The molecule has 2 aromatic rings. The summed E-state index contributed by atoms with van der Waals surface area (Å²) >= 11 is 0. The van der Waals surface area contributed by atoms with Crippen molar-refractivity contribution < 1.29 is 4.42 Å². The van der Waals surface area contributed by atoms with Crippen LogP contribution >= 0.6 is 0 Å². The smallest absolute Gasteiger partial charge is 0.134 e. The molecule has 1 heterocycles. The zero-order valence-electron chi connectivity index (χ0n) is 10.8. The average Bonchev–Trinajstić information content (AvgIpc) is 2.76. The lowest BCUT2D eigenvalue weighted by Crippen LogP contribution is -2.20. The number of rotatable bonds is 0. The number of hydrogen-bond donors (Lipinski definition) is 0. The van der Waals surface area contributed by atoms with Crippen molar-refractivity contribution in [3.05, 3.63) is 47.2 Å². The van der Waals surface area contributed by atoms with Gasteiger partial charge in [0.05, 0.1) is 0 Å². The summed E-state index contributed by atoms with van der Waals surface area (Å²) in [4.78, 5) is 0. The van der Waals surface area contributed by atoms with Gasteiger partial charge in [0.25, 0.3) is 0 Å². The van der Waals surface area contributed by atoms with E-state index in [0.717, 1.165) is 17.9 Å². The van der Waals surface area contributed by atoms with Crippen LogP contribution in [0.3, 0.4) is 0 Å². The lowest BCUT2D eigenvalue weighted by Gasteiger charge is -2.31. The van der Waals surface area contributed by atoms with Crippen LogP contribution in [0.1, 0.15) is 42.1 Å². The lowest BCUT2D eigenvalue weighted by molar-refractivity contribution is 0.354. The topological polar surface area (TPSA) is 13.1 Å². The standard InChI is InChI=1S/C17H18O/c1-11-6-8-14-16(10-11)18-15-9-7-12-4-2-3-5-13(12)17(14)15/h3,5-6,8,10,12-13H,2,4,7,9H2,1H3. The van der Waals surface area contributed by atoms with Gasteiger partial charge in [0, 0.05) is 23.3 Å². The minimum Gasteiger partial charge on any atom is -0.461 e. The van der Waals surface area contributed by atoms with Crippen LogP contribution in [0.15, 0.2) is 34.8 Å². The molecule has 0 fully saturated rings. The number of furan rings is 1. The van der Waals surface area contributed by atoms with Crippen molar-refractivity contribution in [3.8, 4) is 0 Å². The van der Waals surface area contributed by atoms with Crippen molar-refractivity contribution in [2.75, 3.05) is 0 Å². The Labute approximate surface area is 107 Å². The number of aryl methyl sites for hydroxylation is 2. The van der Waals surface area contributed by atoms with E-state index in [-0.39, 0.29) is 0 Å². The summed E-state index contributed by atoms with van der Waals surface area (Å²) in [6.45, 7) is 2.13. The Morgan fingerprint density at radius 2 is 2.17 bits per heavy atom. The van der Waals surface area contributed by atoms with Crippen LogP contribution < -0.4 is 0 Å². The molecule has 2 aliphatic rings. The Bertz CT molecular complexity index is 632. The molecule has 1 nitrogen and oxygen atoms in total. The second kappa shape index (κ2) is 3.74. The maximum Gasteiger partial charge on any atom is 0.134 e. The van der Waals surface area contributed by atoms with Crippen molar-refractivity contribution in [1.29, 1.82) is 0 Å². The van der Waals surface area contributed by atoms with Crippen LogP contribution in [-0.4, -0.2) is 0 Å². The van der Waals surface area contributed by atoms with E-state index >= 15 is 0 Å². The van der Waals surface area contributed by atoms with Gasteiger partial charge in [-0.2, -0.15) is 0 Å². The summed E-state index contributed by atoms with van der Waals surface area (Å²) in [6, 6.07) is 6.63. The van der Waals surface area contributed by atoms with Crippen LogP contribution in [0.25, 0.3) is 11.0 Å². The van der Waals surface area contributed by atoms with E-state index in [1.54, 1.807) is 0 Å². The van der Waals surface area contributed by atoms with Crippen molar-refractivity contribution in [2.24, 2.45) is 5.92 Å². The summed E-state index contributed by atoms with van der Waals surface area (Å²) in [6.07, 6.45) is 9.79. The lowest BCUT2D eigenvalue weighted by atomic mass is 9.72. The molecule has 4 rings (SSSR count). The van der Waals surface area contributed by atoms with Gasteiger partial charge in [-0.15, -0.1) is 0 Å². The van der Waals surface area contributed by atoms with Gasteiger partial charge in [-0.1, -0.05) is 24.3 Å². The molecule has 0 aliphatic heterocycles. The second-order valence-corrected chi connectivity index (χ2v) is 5.77. The number of fused-ring (bicyclic) bond motifs is 5. The molecule has 1 heteroatoms. The van der Waals surface area contributed by atoms with E-state index < -0.39 is 0 Å². The Balaban J connectivity index is 1.97. The van der Waals surface area contributed by atoms with E-state index in [2.05, 4.69) is 37.3 Å². The molecule has 2 aliphatic carbocycles. The van der Waals surface area contributed by atoms with Crippen molar-refractivity contribution in [3.63, 3.8) is 0 Å². The third-order valence-corrected chi connectivity index (χ3v) is 4.59. The predicted molar refractivity (Wildman–Crippen MR) is 73.9 cm³/mol. The average molecular weight is 238 g/mol. The molecule has 2 unspecified atom stereocenters. The van der Waals surface area contributed by atoms with Gasteiger partial charge >= 0.3 is 0 Å². The van der Waals surface area contributed by atoms with Gasteiger partial charge in [-0.25, -0.2) is 0 Å². The Morgan fingerprint density at radius 3 is 3.11 bits per heavy atom. The highest BCUT2D eigenvalue weighted by Gasteiger charge is 2.33. The van der Waals surface area contributed by atoms with Gasteiger partial charge in [0.1, 0.15) is 11.3 Å². The fraction of sp³-hybridized carbons (Fsp3) is 0.412. The molecule has 0 bridgehead atoms. The van der Waals surface area contributed by atoms with E-state index in [4.69, 9.17) is 4.42 Å². The molecule has 2 atom stereocenters. The summed E-state index contributed by atoms with van der Waals surface area (Å²) in [5.74, 6) is 2.68. The van der Waals surface area contributed by atoms with E-state index in [1.807, 2.05) is 0 Å². The minimum absolute atomic E-state index is 0.603. The maximum atomic E-state index is 6.09. The third kappa shape index (κ3) is 1.40. The van der Waals surface area contributed by atoms with Crippen molar-refractivity contribution >= 4 is 11.0 Å². The predicted octanol–water partition coefficient (Wildman–Crippen LogP) is 4.74. The highest BCUT2D eigenvalue weighted by Crippen LogP contribution is 2.46. The molecular formula is C17H18O. The number of benzene rings is 1. The van der Waals surface area contributed by atoms with Gasteiger partial charge in [-0.05, 0) is 43.7 Å². The van der Waals surface area contributed by atoms with E-state index in [1.165, 1.54) is 41.5 Å². The normalized spacial score (nSPS) is 26.1. The zero-order chi connectivity index (χ0) is 12.1. The van der Waals surface area contributed by atoms with E-state index in [9.17, 15) is 0 Å². The SMILES string of the molecule is Cc1ccc2c3c(oc2c1)CCC1CCC=CC31. The minimum atomic E-state index is 0.603. The van der Waals surface area contributed by atoms with Gasteiger partial charge in [0.2, 0.25) is 0 Å². The first-order valence-electron chi connectivity index (χ1n) is 7.01. The van der Waals surface area contributed by atoms with Crippen LogP contribution in [0.5, 0.6) is 0 Å². The van der Waals surface area contributed by atoms with Gasteiger partial charge in [0.15, 0.2) is 0 Å². The van der Waals surface area contributed by atoms with Crippen molar-refractivity contribution in [1.82, 2.24) is 0 Å². The summed E-state index contributed by atoms with van der Waals surface area (Å²) < 4.78 is 6.09. The monoisotopic (exact) mass is 238 g/mol. The molecule has 18 heavy (non-hydrogen) atoms. The highest BCUT2D eigenvalue weighted by molar-refractivity contribution is 5.84. The first kappa shape index (κ1) is 10.4. The molecule has 0 radical (unpaired) electrons. The quantitative estimate of drug-likeness (QED) is 0.604. The van der Waals surface area contributed by atoms with Crippen LogP contribution in [0.4, 0.5) is 0 Å². The first-order chi connectivity index (χ1) is 8.83. The van der Waals surface area contributed by atoms with Crippen LogP contribution in [0, 0.1) is 12.8 Å². The maximum absolute atomic E-state index is 6.09. The molecule has 0 saturated carbocycles. The van der Waals surface area contributed by atoms with Gasteiger partial charge in [-0.3, -0.25) is 0 Å². The largest absolute Gasteiger partial charge is 0.461 e. The fourth-order valence-electron chi connectivity index (χ4n) is 3.69. The zero-order valence-corrected chi connectivity index (χ0v) is 10.8. The molecule has 92 valence electrons. The fourth-order valence-corrected chi connectivity index (χ4v) is 3.69. The molecule has 1 aromatic heterocycles. The van der Waals surface area contributed by atoms with Crippen molar-refractivity contribution in [2.45, 2.75) is 38.5 Å². The van der Waals surface area contributed by atoms with Crippen LogP contribution in [0.2, 0.25) is 0 Å². The molecule has 0 saturated heterocycles. The summed E-state index contributed by atoms with van der Waals surface area (Å²) in [7, 11) is 0. The first-order valence-corrected chi connectivity index (χ1v) is 7.01. The Hall–Kier alpha value is -1.50. The van der Waals surface area contributed by atoms with Crippen LogP contribution in [-0.2, 0) is 6.42 Å². The van der Waals surface area contributed by atoms with E-state index in [0.29, 0.717) is 5.92 Å². The molecule has 0 amide bonds. The summed E-state index contributed by atoms with van der Waals surface area (Å²) in [5.41, 5.74) is 3.85. The van der Waals surface area contributed by atoms with Gasteiger partial charge < -0.3 is 4.42 Å². The summed E-state index contributed by atoms with van der Waals surface area (Å²) in [5, 5.41) is 1.34. The Kier molecular flexibility index (Phi) is 2.17. The highest BCUT2D eigenvalue weighted by atomic mass is 16.3. The number of hydrogen-bond acceptors (Lipinski definition) is 1. The molecule has 0 spiro atoms. The molecule has 0 N–H and O–H groups in total. The molecular weight excluding hydrogens is 220 g/mol. The Morgan fingerprint density at radius 1 is 1.22 bits per heavy atom. The number of allylic oxidation sites excluding steroid dienone is 2.